The second-order valence-electron chi connectivity index (χ2n) is 7.47. The number of alkyl halides is 3. The van der Waals surface area contributed by atoms with E-state index >= 15 is 0 Å². The van der Waals surface area contributed by atoms with Gasteiger partial charge in [-0.2, -0.15) is 13.2 Å². The van der Waals surface area contributed by atoms with Gasteiger partial charge in [0.05, 0.1) is 17.7 Å². The monoisotopic (exact) mass is 484 g/mol. The number of aromatic amines is 1. The minimum absolute atomic E-state index is 0. The minimum Gasteiger partial charge on any atom is -0.372 e. The summed E-state index contributed by atoms with van der Waals surface area (Å²) >= 11 is 6.07. The Morgan fingerprint density at radius 3 is 3.03 bits per heavy atom. The second-order valence-corrected chi connectivity index (χ2v) is 7.91. The molecule has 1 amide bonds. The van der Waals surface area contributed by atoms with E-state index in [9.17, 15) is 18.0 Å². The fraction of sp³-hybridized carbons (Fsp3) is 0.333. The van der Waals surface area contributed by atoms with Crippen molar-refractivity contribution in [3.05, 3.63) is 48.4 Å². The third kappa shape index (κ3) is 5.25. The molecule has 1 aliphatic rings. The van der Waals surface area contributed by atoms with Crippen LogP contribution in [0.4, 0.5) is 19.0 Å². The van der Waals surface area contributed by atoms with Crippen LogP contribution in [0.3, 0.4) is 0 Å². The lowest BCUT2D eigenvalue weighted by molar-refractivity contribution is -0.139. The average molecular weight is 485 g/mol. The molecule has 0 spiro atoms. The number of hydrogen-bond donors (Lipinski definition) is 2. The number of rotatable bonds is 7. The lowest BCUT2D eigenvalue weighted by Gasteiger charge is -2.25. The van der Waals surface area contributed by atoms with E-state index in [-0.39, 0.29) is 28.5 Å². The molecular formula is C21H24ClF3N6O2. The van der Waals surface area contributed by atoms with Crippen molar-refractivity contribution in [2.75, 3.05) is 24.6 Å². The van der Waals surface area contributed by atoms with Crippen molar-refractivity contribution in [3.63, 3.8) is 0 Å². The number of H-pyrrole nitrogens is 1. The van der Waals surface area contributed by atoms with Gasteiger partial charge in [0.2, 0.25) is 5.91 Å². The van der Waals surface area contributed by atoms with Crippen molar-refractivity contribution >= 4 is 34.4 Å². The summed E-state index contributed by atoms with van der Waals surface area (Å²) in [4.78, 5) is 30.4. The number of nitrogens with one attached hydrogen (secondary N) is 2. The molecule has 0 bridgehead atoms. The van der Waals surface area contributed by atoms with Crippen LogP contribution < -0.4 is 10.2 Å². The van der Waals surface area contributed by atoms with Crippen molar-refractivity contribution in [1.82, 2.24) is 25.3 Å². The van der Waals surface area contributed by atoms with E-state index in [1.54, 1.807) is 29.3 Å². The summed E-state index contributed by atoms with van der Waals surface area (Å²) in [6.07, 6.45) is 1.63. The lowest BCUT2D eigenvalue weighted by Crippen LogP contribution is -2.46. The van der Waals surface area contributed by atoms with E-state index in [1.807, 2.05) is 5.32 Å². The maximum absolute atomic E-state index is 12.6. The van der Waals surface area contributed by atoms with E-state index in [0.29, 0.717) is 33.3 Å². The fourth-order valence-electron chi connectivity index (χ4n) is 3.73. The van der Waals surface area contributed by atoms with Gasteiger partial charge in [-0.05, 0) is 12.1 Å². The van der Waals surface area contributed by atoms with E-state index in [2.05, 4.69) is 26.5 Å². The van der Waals surface area contributed by atoms with Gasteiger partial charge in [0, 0.05) is 45.4 Å². The molecule has 0 saturated carbocycles. The summed E-state index contributed by atoms with van der Waals surface area (Å²) < 4.78 is 43.6. The van der Waals surface area contributed by atoms with Crippen LogP contribution in [-0.4, -0.2) is 63.9 Å². The van der Waals surface area contributed by atoms with E-state index in [4.69, 9.17) is 16.3 Å². The highest BCUT2D eigenvalue weighted by Crippen LogP contribution is 2.31. The Kier molecular flexibility index (Phi) is 6.52. The topological polar surface area (TPSA) is 96.0 Å². The van der Waals surface area contributed by atoms with E-state index in [0.717, 1.165) is 0 Å². The first kappa shape index (κ1) is 23.0. The Morgan fingerprint density at radius 1 is 1.45 bits per heavy atom. The molecule has 1 saturated heterocycles. The highest BCUT2D eigenvalue weighted by molar-refractivity contribution is 6.31. The molecule has 2 N–H and O–H groups in total. The Hall–Kier alpha value is -3.18. The molecule has 12 heteroatoms. The summed E-state index contributed by atoms with van der Waals surface area (Å²) in [7, 11) is 0. The third-order valence-corrected chi connectivity index (χ3v) is 5.36. The maximum Gasteiger partial charge on any atom is 0.405 e. The summed E-state index contributed by atoms with van der Waals surface area (Å²) in [6, 6.07) is 2.45. The van der Waals surface area contributed by atoms with Crippen LogP contribution in [0.5, 0.6) is 0 Å². The number of amides is 1. The summed E-state index contributed by atoms with van der Waals surface area (Å²) in [6.45, 7) is 2.72. The number of hydrogen-bond acceptors (Lipinski definition) is 6. The Morgan fingerprint density at radius 2 is 2.27 bits per heavy atom. The lowest BCUT2D eigenvalue weighted by atomic mass is 10.2. The molecule has 1 fully saturated rings. The molecule has 0 aromatic carbocycles. The van der Waals surface area contributed by atoms with Gasteiger partial charge < -0.3 is 19.9 Å². The normalized spacial score (nSPS) is 18.6. The number of pyridine rings is 1. The van der Waals surface area contributed by atoms with Crippen molar-refractivity contribution in [2.45, 2.75) is 24.7 Å². The molecule has 0 radical (unpaired) electrons. The number of aromatic nitrogens is 4. The van der Waals surface area contributed by atoms with Crippen molar-refractivity contribution < 1.29 is 25.6 Å². The number of ether oxygens (including phenoxy) is 1. The molecule has 3 aromatic heterocycles. The van der Waals surface area contributed by atoms with Crippen LogP contribution >= 0.6 is 11.6 Å². The first-order valence-corrected chi connectivity index (χ1v) is 10.4. The van der Waals surface area contributed by atoms with Crippen LogP contribution in [0.2, 0.25) is 5.02 Å². The number of anilines is 1. The van der Waals surface area contributed by atoms with Gasteiger partial charge in [0.25, 0.3) is 0 Å². The van der Waals surface area contributed by atoms with Crippen LogP contribution in [0, 0.1) is 0 Å². The number of halogens is 4. The standard InChI is InChI=1S/C21H20ClF3N6O2.2H2/c1-2-5-33-13-7-16(20(32)29-11-21(23,24)25)31(10-13)17-3-4-26-19(30-17)15-9-28-18-14(15)6-12(22)8-27-18;;/h2-4,6,8-9,13,16H,1,5,7,10-11H2,(H,27,28)(H,29,32);2*1H/t13?,16-;;/m0../s1. The van der Waals surface area contributed by atoms with E-state index < -0.39 is 24.7 Å². The molecule has 1 aliphatic heterocycles. The molecule has 33 heavy (non-hydrogen) atoms. The molecular weight excluding hydrogens is 461 g/mol. The van der Waals surface area contributed by atoms with Gasteiger partial charge in [-0.3, -0.25) is 4.79 Å². The molecule has 1 unspecified atom stereocenters. The molecule has 2 atom stereocenters. The van der Waals surface area contributed by atoms with Crippen molar-refractivity contribution in [1.29, 1.82) is 0 Å². The zero-order valence-electron chi connectivity index (χ0n) is 17.3. The van der Waals surface area contributed by atoms with Gasteiger partial charge in [0.15, 0.2) is 5.82 Å². The second kappa shape index (κ2) is 9.36. The highest BCUT2D eigenvalue weighted by atomic mass is 35.5. The maximum atomic E-state index is 12.6. The molecule has 178 valence electrons. The van der Waals surface area contributed by atoms with Gasteiger partial charge in [-0.1, -0.05) is 17.7 Å². The minimum atomic E-state index is -4.51. The molecule has 8 nitrogen and oxygen atoms in total. The van der Waals surface area contributed by atoms with Crippen molar-refractivity contribution in [3.8, 4) is 11.4 Å². The Balaban J connectivity index is 0.00000216. The summed E-state index contributed by atoms with van der Waals surface area (Å²) in [5.41, 5.74) is 1.26. The Bertz CT molecular complexity index is 1180. The zero-order valence-corrected chi connectivity index (χ0v) is 18.0. The third-order valence-electron chi connectivity index (χ3n) is 5.15. The molecule has 0 aliphatic carbocycles. The highest BCUT2D eigenvalue weighted by Gasteiger charge is 2.39. The summed E-state index contributed by atoms with van der Waals surface area (Å²) in [5.74, 6) is -0.00538. The summed E-state index contributed by atoms with van der Waals surface area (Å²) in [5, 5.41) is 3.12. The SMILES string of the molecule is C=CCOC1C[C@@H](C(=O)NCC(F)(F)F)N(c2ccnc(-c3c[nH]c4ncc(Cl)cc34)n2)C1.[HH].[HH]. The first-order chi connectivity index (χ1) is 15.7. The zero-order chi connectivity index (χ0) is 23.6. The molecule has 4 heterocycles. The Labute approximate surface area is 194 Å². The number of carbonyl (C=O) groups excluding carboxylic acids is 1. The number of nitrogens with zero attached hydrogens (tertiary/aromatic N) is 4. The fourth-order valence-corrected chi connectivity index (χ4v) is 3.89. The van der Waals surface area contributed by atoms with Crippen LogP contribution in [0.15, 0.2) is 43.4 Å². The van der Waals surface area contributed by atoms with Crippen LogP contribution in [0.1, 0.15) is 9.27 Å². The first-order valence-electron chi connectivity index (χ1n) is 10.0. The molecule has 4 rings (SSSR count). The predicted molar refractivity (Wildman–Crippen MR) is 121 cm³/mol. The van der Waals surface area contributed by atoms with Crippen LogP contribution in [-0.2, 0) is 9.53 Å². The quantitative estimate of drug-likeness (QED) is 0.492. The van der Waals surface area contributed by atoms with Gasteiger partial charge in [-0.15, -0.1) is 6.58 Å². The van der Waals surface area contributed by atoms with Crippen LogP contribution in [0.25, 0.3) is 22.4 Å². The smallest absolute Gasteiger partial charge is 0.372 e. The van der Waals surface area contributed by atoms with Gasteiger partial charge in [0.1, 0.15) is 24.1 Å². The number of fused-ring (bicyclic) bond motifs is 1. The van der Waals surface area contributed by atoms with Crippen molar-refractivity contribution in [2.24, 2.45) is 0 Å². The number of carbonyl (C=O) groups is 1. The molecule has 3 aromatic rings. The van der Waals surface area contributed by atoms with Gasteiger partial charge in [-0.25, -0.2) is 15.0 Å². The van der Waals surface area contributed by atoms with Gasteiger partial charge >= 0.3 is 6.18 Å². The predicted octanol–water partition coefficient (Wildman–Crippen LogP) is 3.99. The largest absolute Gasteiger partial charge is 0.405 e. The average Bonchev–Trinajstić information content (AvgIpc) is 3.40. The van der Waals surface area contributed by atoms with E-state index in [1.165, 1.54) is 12.4 Å².